The van der Waals surface area contributed by atoms with E-state index in [9.17, 15) is 0 Å². The molecule has 0 saturated carbocycles. The minimum Gasteiger partial charge on any atom is -0.463 e. The molecule has 0 unspecified atom stereocenters. The van der Waals surface area contributed by atoms with Crippen molar-refractivity contribution < 1.29 is 8.83 Å². The fourth-order valence-corrected chi connectivity index (χ4v) is 2.88. The van der Waals surface area contributed by atoms with E-state index in [4.69, 9.17) is 14.6 Å². The highest BCUT2D eigenvalue weighted by Gasteiger charge is 2.19. The van der Waals surface area contributed by atoms with Crippen molar-refractivity contribution >= 4 is 43.5 Å². The largest absolute Gasteiger partial charge is 0.463 e. The summed E-state index contributed by atoms with van der Waals surface area (Å²) < 4.78 is 13.5. The van der Waals surface area contributed by atoms with Crippen molar-refractivity contribution in [1.82, 2.24) is 19.6 Å². The van der Waals surface area contributed by atoms with Crippen LogP contribution < -0.4 is 5.73 Å². The van der Waals surface area contributed by atoms with Crippen LogP contribution in [0.1, 0.15) is 0 Å². The van der Waals surface area contributed by atoms with Crippen molar-refractivity contribution in [2.45, 2.75) is 0 Å². The molecule has 22 heavy (non-hydrogen) atoms. The van der Waals surface area contributed by atoms with E-state index in [0.717, 1.165) is 0 Å². The van der Waals surface area contributed by atoms with Crippen LogP contribution >= 0.6 is 31.9 Å². The second kappa shape index (κ2) is 4.96. The van der Waals surface area contributed by atoms with Crippen molar-refractivity contribution in [3.05, 3.63) is 39.7 Å². The molecule has 0 saturated heterocycles. The minimum atomic E-state index is 0.200. The Labute approximate surface area is 140 Å². The van der Waals surface area contributed by atoms with Gasteiger partial charge in [0.25, 0.3) is 0 Å². The molecule has 2 N–H and O–H groups in total. The first-order chi connectivity index (χ1) is 10.6. The molecule has 4 rings (SSSR count). The predicted octanol–water partition coefficient (Wildman–Crippen LogP) is 3.75. The number of hydrogen-bond acceptors (Lipinski definition) is 6. The molecule has 0 aliphatic heterocycles. The fourth-order valence-electron chi connectivity index (χ4n) is 2.04. The molecule has 7 nitrogen and oxygen atoms in total. The number of aromatic nitrogens is 4. The zero-order valence-electron chi connectivity index (χ0n) is 10.8. The number of halogens is 2. The zero-order valence-corrected chi connectivity index (χ0v) is 14.0. The van der Waals surface area contributed by atoms with E-state index < -0.39 is 0 Å². The third-order valence-corrected chi connectivity index (χ3v) is 4.16. The van der Waals surface area contributed by atoms with Gasteiger partial charge in [0.2, 0.25) is 11.8 Å². The molecule has 0 radical (unpaired) electrons. The van der Waals surface area contributed by atoms with Gasteiger partial charge in [-0.15, -0.1) is 0 Å². The third-order valence-electron chi connectivity index (χ3n) is 3.00. The quantitative estimate of drug-likeness (QED) is 0.526. The first-order valence-electron chi connectivity index (χ1n) is 6.15. The van der Waals surface area contributed by atoms with Crippen molar-refractivity contribution in [2.24, 2.45) is 0 Å². The van der Waals surface area contributed by atoms with E-state index in [1.54, 1.807) is 30.5 Å². The number of furan rings is 2. The van der Waals surface area contributed by atoms with Crippen LogP contribution in [0.3, 0.4) is 0 Å². The minimum absolute atomic E-state index is 0.200. The predicted molar refractivity (Wildman–Crippen MR) is 86.0 cm³/mol. The molecule has 0 spiro atoms. The normalized spacial score (nSPS) is 11.4. The van der Waals surface area contributed by atoms with Gasteiger partial charge in [-0.3, -0.25) is 0 Å². The van der Waals surface area contributed by atoms with E-state index in [2.05, 4.69) is 46.9 Å². The Kier molecular flexibility index (Phi) is 3.05. The number of nitrogens with two attached hydrogens (primary N) is 1. The zero-order chi connectivity index (χ0) is 15.3. The molecule has 110 valence electrons. The Morgan fingerprint density at radius 2 is 1.95 bits per heavy atom. The average molecular weight is 425 g/mol. The van der Waals surface area contributed by atoms with Crippen LogP contribution in [0.15, 0.2) is 48.5 Å². The van der Waals surface area contributed by atoms with Crippen LogP contribution in [0.25, 0.3) is 28.7 Å². The summed E-state index contributed by atoms with van der Waals surface area (Å²) in [6.45, 7) is 0. The number of hydrogen-bond donors (Lipinski definition) is 1. The van der Waals surface area contributed by atoms with Crippen LogP contribution in [0.2, 0.25) is 0 Å². The maximum absolute atomic E-state index is 5.98. The Bertz CT molecular complexity index is 974. The summed E-state index contributed by atoms with van der Waals surface area (Å²) in [6, 6.07) is 7.11. The van der Waals surface area contributed by atoms with Crippen molar-refractivity contribution in [3.8, 4) is 23.0 Å². The highest BCUT2D eigenvalue weighted by Crippen LogP contribution is 2.32. The molecule has 0 amide bonds. The molecule has 4 heterocycles. The maximum Gasteiger partial charge on any atom is 0.225 e. The van der Waals surface area contributed by atoms with Crippen LogP contribution in [0.4, 0.5) is 5.95 Å². The summed E-state index contributed by atoms with van der Waals surface area (Å²) in [7, 11) is 0. The van der Waals surface area contributed by atoms with E-state index >= 15 is 0 Å². The lowest BCUT2D eigenvalue weighted by molar-refractivity contribution is 0.551. The Balaban J connectivity index is 1.96. The molecule has 0 aromatic carbocycles. The Hall–Kier alpha value is -2.13. The molecule has 4 aromatic rings. The third kappa shape index (κ3) is 2.04. The van der Waals surface area contributed by atoms with Gasteiger partial charge in [0, 0.05) is 0 Å². The van der Waals surface area contributed by atoms with Crippen molar-refractivity contribution in [3.63, 3.8) is 0 Å². The van der Waals surface area contributed by atoms with Gasteiger partial charge in [-0.25, -0.2) is 4.98 Å². The molecule has 0 atom stereocenters. The number of nitrogen functional groups attached to an aromatic ring is 1. The van der Waals surface area contributed by atoms with Crippen molar-refractivity contribution in [1.29, 1.82) is 0 Å². The van der Waals surface area contributed by atoms with E-state index in [1.807, 2.05) is 0 Å². The van der Waals surface area contributed by atoms with Gasteiger partial charge in [0.05, 0.1) is 10.7 Å². The number of fused-ring (bicyclic) bond motifs is 1. The van der Waals surface area contributed by atoms with Gasteiger partial charge in [-0.05, 0) is 56.1 Å². The van der Waals surface area contributed by atoms with Gasteiger partial charge in [0.1, 0.15) is 5.69 Å². The average Bonchev–Trinajstić information content (AvgIpc) is 3.20. The summed E-state index contributed by atoms with van der Waals surface area (Å²) in [6.07, 6.45) is 1.58. The lowest BCUT2D eigenvalue weighted by Crippen LogP contribution is -2.05. The molecular weight excluding hydrogens is 418 g/mol. The Morgan fingerprint density at radius 1 is 1.09 bits per heavy atom. The van der Waals surface area contributed by atoms with Crippen LogP contribution in [-0.2, 0) is 0 Å². The fraction of sp³-hybridized carbons (Fsp3) is 0. The molecule has 0 fully saturated rings. The summed E-state index contributed by atoms with van der Waals surface area (Å²) in [5, 5.41) is 4.38. The van der Waals surface area contributed by atoms with Crippen molar-refractivity contribution in [2.75, 3.05) is 5.73 Å². The molecular formula is C13H7Br2N5O2. The van der Waals surface area contributed by atoms with Crippen LogP contribution in [0, 0.1) is 0 Å². The lowest BCUT2D eigenvalue weighted by Gasteiger charge is -2.00. The highest BCUT2D eigenvalue weighted by molar-refractivity contribution is 9.11. The van der Waals surface area contributed by atoms with E-state index in [0.29, 0.717) is 37.8 Å². The number of nitrogens with zero attached hydrogens (tertiary/aromatic N) is 4. The number of rotatable bonds is 2. The highest BCUT2D eigenvalue weighted by atomic mass is 79.9. The summed E-state index contributed by atoms with van der Waals surface area (Å²) in [5.41, 5.74) is 7.11. The monoisotopic (exact) mass is 423 g/mol. The SMILES string of the molecule is Nc1nc(-c2ccc(Br)o2)nc2c(Br)c(-c3ccco3)nn12. The standard InChI is InChI=1S/C13H7Br2N5O2/c14-8-4-3-7(22-8)11-17-12-9(15)10(6-2-1-5-21-6)19-20(12)13(16)18-11/h1-5H,(H2,16,17,18). The smallest absolute Gasteiger partial charge is 0.225 e. The number of anilines is 1. The Morgan fingerprint density at radius 3 is 2.64 bits per heavy atom. The van der Waals surface area contributed by atoms with Crippen LogP contribution in [0.5, 0.6) is 0 Å². The van der Waals surface area contributed by atoms with Gasteiger partial charge in [-0.1, -0.05) is 0 Å². The van der Waals surface area contributed by atoms with Gasteiger partial charge in [-0.2, -0.15) is 14.6 Å². The van der Waals surface area contributed by atoms with Gasteiger partial charge < -0.3 is 14.6 Å². The second-order valence-corrected chi connectivity index (χ2v) is 5.96. The van der Waals surface area contributed by atoms with E-state index in [-0.39, 0.29) is 5.95 Å². The molecule has 4 aromatic heterocycles. The molecule has 9 heteroatoms. The van der Waals surface area contributed by atoms with Gasteiger partial charge in [0.15, 0.2) is 21.8 Å². The molecule has 0 aliphatic rings. The second-order valence-electron chi connectivity index (χ2n) is 4.38. The van der Waals surface area contributed by atoms with Gasteiger partial charge >= 0.3 is 0 Å². The topological polar surface area (TPSA) is 95.4 Å². The first-order valence-corrected chi connectivity index (χ1v) is 7.73. The molecule has 0 aliphatic carbocycles. The van der Waals surface area contributed by atoms with Crippen LogP contribution in [-0.4, -0.2) is 19.6 Å². The van der Waals surface area contributed by atoms with E-state index in [1.165, 1.54) is 4.52 Å². The maximum atomic E-state index is 5.98. The summed E-state index contributed by atoms with van der Waals surface area (Å²) >= 11 is 6.74. The lowest BCUT2D eigenvalue weighted by atomic mass is 10.3. The summed E-state index contributed by atoms with van der Waals surface area (Å²) in [4.78, 5) is 8.68. The first kappa shape index (κ1) is 13.5. The summed E-state index contributed by atoms with van der Waals surface area (Å²) in [5.74, 6) is 1.70. The molecule has 0 bridgehead atoms.